The fourth-order valence-corrected chi connectivity index (χ4v) is 5.64. The third-order valence-corrected chi connectivity index (χ3v) is 7.38. The molecule has 1 aliphatic carbocycles. The van der Waals surface area contributed by atoms with Crippen LogP contribution in [0.25, 0.3) is 0 Å². The Morgan fingerprint density at radius 1 is 0.872 bits per heavy atom. The van der Waals surface area contributed by atoms with Gasteiger partial charge in [0.15, 0.2) is 28.8 Å². The van der Waals surface area contributed by atoms with Crippen LogP contribution in [0, 0.1) is 5.92 Å². The van der Waals surface area contributed by atoms with Crippen LogP contribution in [0.4, 0.5) is 0 Å². The predicted molar refractivity (Wildman–Crippen MR) is 146 cm³/mol. The highest BCUT2D eigenvalue weighted by atomic mass is 16.5. The minimum Gasteiger partial charge on any atom is -0.493 e. The Kier molecular flexibility index (Phi) is 8.47. The van der Waals surface area contributed by atoms with E-state index in [9.17, 15) is 9.59 Å². The molecular formula is C30H35NO8. The van der Waals surface area contributed by atoms with E-state index in [2.05, 4.69) is 0 Å². The number of rotatable bonds is 9. The molecule has 0 saturated heterocycles. The van der Waals surface area contributed by atoms with E-state index in [0.717, 1.165) is 5.56 Å². The number of carbonyl (C=O) groups is 2. The van der Waals surface area contributed by atoms with Crippen molar-refractivity contribution in [1.29, 1.82) is 0 Å². The van der Waals surface area contributed by atoms with Gasteiger partial charge in [-0.1, -0.05) is 12.1 Å². The number of ketones is 1. The number of methoxy groups -OCH3 is 5. The van der Waals surface area contributed by atoms with Gasteiger partial charge in [0.1, 0.15) is 5.92 Å². The Bertz CT molecular complexity index is 1330. The van der Waals surface area contributed by atoms with Gasteiger partial charge in [0.05, 0.1) is 42.2 Å². The van der Waals surface area contributed by atoms with Crippen molar-refractivity contribution in [3.05, 3.63) is 52.7 Å². The summed E-state index contributed by atoms with van der Waals surface area (Å²) in [5.74, 6) is 0.382. The summed E-state index contributed by atoms with van der Waals surface area (Å²) in [6.45, 7) is 3.76. The van der Waals surface area contributed by atoms with Crippen molar-refractivity contribution >= 4 is 17.5 Å². The van der Waals surface area contributed by atoms with Crippen LogP contribution in [0.2, 0.25) is 0 Å². The highest BCUT2D eigenvalue weighted by molar-refractivity contribution is 6.09. The van der Waals surface area contributed by atoms with Crippen LogP contribution in [0.15, 0.2) is 46.6 Å². The van der Waals surface area contributed by atoms with Gasteiger partial charge in [0.2, 0.25) is 5.75 Å². The molecule has 1 aliphatic heterocycles. The fourth-order valence-electron chi connectivity index (χ4n) is 5.64. The highest BCUT2D eigenvalue weighted by Crippen LogP contribution is 2.52. The van der Waals surface area contributed by atoms with Gasteiger partial charge in [-0.3, -0.25) is 14.6 Å². The largest absolute Gasteiger partial charge is 0.493 e. The van der Waals surface area contributed by atoms with E-state index in [4.69, 9.17) is 33.4 Å². The van der Waals surface area contributed by atoms with E-state index in [0.29, 0.717) is 57.7 Å². The lowest BCUT2D eigenvalue weighted by Gasteiger charge is -2.37. The van der Waals surface area contributed by atoms with Crippen LogP contribution in [0.1, 0.15) is 49.7 Å². The fraction of sp³-hybridized carbons (Fsp3) is 0.433. The molecule has 2 aromatic carbocycles. The second-order valence-corrected chi connectivity index (χ2v) is 9.39. The first-order valence-corrected chi connectivity index (χ1v) is 12.8. The smallest absolute Gasteiger partial charge is 0.315 e. The topological polar surface area (TPSA) is 102 Å². The first kappa shape index (κ1) is 28.0. The maximum absolute atomic E-state index is 14.0. The lowest BCUT2D eigenvalue weighted by atomic mass is 9.69. The van der Waals surface area contributed by atoms with Crippen molar-refractivity contribution in [2.24, 2.45) is 10.9 Å². The zero-order valence-corrected chi connectivity index (χ0v) is 23.5. The lowest BCUT2D eigenvalue weighted by Crippen LogP contribution is -2.38. The molecule has 9 nitrogen and oxygen atoms in total. The number of esters is 1. The van der Waals surface area contributed by atoms with Gasteiger partial charge in [0, 0.05) is 34.9 Å². The number of nitrogens with zero attached hydrogens (tertiary/aromatic N) is 1. The maximum Gasteiger partial charge on any atom is 0.315 e. The number of allylic oxidation sites excluding steroid dienone is 2. The highest BCUT2D eigenvalue weighted by Gasteiger charge is 2.46. The molecule has 0 N–H and O–H groups in total. The van der Waals surface area contributed by atoms with Gasteiger partial charge in [-0.05, 0) is 49.9 Å². The zero-order chi connectivity index (χ0) is 28.3. The number of Topliss-reactive ketones (excluding diaryl/α,β-unsaturated/α-hetero) is 1. The first-order chi connectivity index (χ1) is 18.8. The molecule has 1 heterocycles. The molecule has 4 rings (SSSR count). The molecule has 0 spiro atoms. The molecule has 0 amide bonds. The number of benzene rings is 2. The summed E-state index contributed by atoms with van der Waals surface area (Å²) in [6.07, 6.45) is 0.778. The average Bonchev–Trinajstić information content (AvgIpc) is 2.94. The van der Waals surface area contributed by atoms with Crippen LogP contribution in [-0.4, -0.2) is 59.6 Å². The van der Waals surface area contributed by atoms with E-state index >= 15 is 0 Å². The minimum absolute atomic E-state index is 0.0802. The van der Waals surface area contributed by atoms with Crippen molar-refractivity contribution in [2.45, 2.75) is 38.5 Å². The summed E-state index contributed by atoms with van der Waals surface area (Å²) in [7, 11) is 7.75. The predicted octanol–water partition coefficient (Wildman–Crippen LogP) is 4.87. The summed E-state index contributed by atoms with van der Waals surface area (Å²) in [4.78, 5) is 32.1. The molecule has 0 fully saturated rings. The van der Waals surface area contributed by atoms with Crippen LogP contribution in [0.5, 0.6) is 28.7 Å². The normalized spacial score (nSPS) is 20.5. The molecule has 2 aromatic rings. The molecule has 0 aromatic heterocycles. The zero-order valence-electron chi connectivity index (χ0n) is 23.5. The number of ether oxygens (including phenoxy) is 6. The number of hydrogen-bond donors (Lipinski definition) is 0. The Morgan fingerprint density at radius 3 is 2.15 bits per heavy atom. The Morgan fingerprint density at radius 2 is 1.54 bits per heavy atom. The van der Waals surface area contributed by atoms with Gasteiger partial charge in [-0.25, -0.2) is 0 Å². The molecule has 0 radical (unpaired) electrons. The SMILES string of the molecule is CCOC(=O)C1C(C)=NC2=C(C(=O)C[C@@H](c3ccc(OC)c(OC)c3)C2)[C@H]1c1ccc(OC)c(OC)c1OC. The minimum atomic E-state index is -0.794. The van der Waals surface area contributed by atoms with Crippen molar-refractivity contribution < 1.29 is 38.0 Å². The van der Waals surface area contributed by atoms with E-state index in [1.807, 2.05) is 24.3 Å². The van der Waals surface area contributed by atoms with Crippen LogP contribution >= 0.6 is 0 Å². The van der Waals surface area contributed by atoms with E-state index in [1.165, 1.54) is 21.3 Å². The van der Waals surface area contributed by atoms with Crippen molar-refractivity contribution in [3.8, 4) is 28.7 Å². The molecule has 1 unspecified atom stereocenters. The second-order valence-electron chi connectivity index (χ2n) is 9.39. The molecule has 2 aliphatic rings. The molecule has 0 bridgehead atoms. The summed E-state index contributed by atoms with van der Waals surface area (Å²) in [5, 5.41) is 0. The lowest BCUT2D eigenvalue weighted by molar-refractivity contribution is -0.146. The van der Waals surface area contributed by atoms with Crippen LogP contribution in [-0.2, 0) is 14.3 Å². The van der Waals surface area contributed by atoms with E-state index < -0.39 is 17.8 Å². The van der Waals surface area contributed by atoms with Crippen molar-refractivity contribution in [1.82, 2.24) is 0 Å². The Hall–Kier alpha value is -4.01. The maximum atomic E-state index is 14.0. The van der Waals surface area contributed by atoms with Crippen molar-refractivity contribution in [2.75, 3.05) is 42.2 Å². The second kappa shape index (κ2) is 11.8. The third-order valence-electron chi connectivity index (χ3n) is 7.38. The van der Waals surface area contributed by atoms with Gasteiger partial charge in [-0.2, -0.15) is 0 Å². The summed E-state index contributed by atoms with van der Waals surface area (Å²) >= 11 is 0. The number of hydrogen-bond acceptors (Lipinski definition) is 9. The summed E-state index contributed by atoms with van der Waals surface area (Å²) < 4.78 is 33.2. The molecule has 9 heteroatoms. The summed E-state index contributed by atoms with van der Waals surface area (Å²) in [6, 6.07) is 9.25. The average molecular weight is 538 g/mol. The Balaban J connectivity index is 1.87. The van der Waals surface area contributed by atoms with Gasteiger partial charge >= 0.3 is 5.97 Å². The van der Waals surface area contributed by atoms with Gasteiger partial charge < -0.3 is 28.4 Å². The number of carbonyl (C=O) groups excluding carboxylic acids is 2. The van der Waals surface area contributed by atoms with E-state index in [1.54, 1.807) is 34.1 Å². The summed E-state index contributed by atoms with van der Waals surface area (Å²) in [5.41, 5.74) is 3.32. The van der Waals surface area contributed by atoms with Crippen LogP contribution in [0.3, 0.4) is 0 Å². The van der Waals surface area contributed by atoms with Crippen molar-refractivity contribution in [3.63, 3.8) is 0 Å². The molecular weight excluding hydrogens is 502 g/mol. The van der Waals surface area contributed by atoms with E-state index in [-0.39, 0.29) is 24.7 Å². The van der Waals surface area contributed by atoms with Gasteiger partial charge in [-0.15, -0.1) is 0 Å². The number of aliphatic imine (C=N–C) groups is 1. The standard InChI is InChI=1S/C30H35NO8/c1-8-39-30(33)25-16(2)31-20-13-18(17-9-11-22(34-3)24(15-17)36-5)14-21(32)27(20)26(25)19-10-12-23(35-4)29(38-7)28(19)37-6/h9-12,15,18,25-26H,8,13-14H2,1-7H3/t18-,25?,26-/m0/s1. The third kappa shape index (κ3) is 5.05. The molecule has 208 valence electrons. The molecule has 0 saturated carbocycles. The Labute approximate surface area is 228 Å². The van der Waals surface area contributed by atoms with Gasteiger partial charge in [0.25, 0.3) is 0 Å². The first-order valence-electron chi connectivity index (χ1n) is 12.8. The van der Waals surface area contributed by atoms with Crippen LogP contribution < -0.4 is 23.7 Å². The monoisotopic (exact) mass is 537 g/mol. The molecule has 3 atom stereocenters. The quantitative estimate of drug-likeness (QED) is 0.418. The molecule has 39 heavy (non-hydrogen) atoms.